The number of benzene rings is 2. The molecule has 0 atom stereocenters. The molecule has 2 aromatic carbocycles. The zero-order chi connectivity index (χ0) is 22.6. The van der Waals surface area contributed by atoms with Crippen LogP contribution in [0.3, 0.4) is 0 Å². The van der Waals surface area contributed by atoms with Crippen molar-refractivity contribution in [3.8, 4) is 0 Å². The first kappa shape index (κ1) is 23.3. The highest BCUT2D eigenvalue weighted by molar-refractivity contribution is 7.89. The van der Waals surface area contributed by atoms with Crippen LogP contribution >= 0.6 is 23.2 Å². The van der Waals surface area contributed by atoms with Gasteiger partial charge in [-0.2, -0.15) is 9.40 Å². The van der Waals surface area contributed by atoms with Gasteiger partial charge >= 0.3 is 0 Å². The zero-order valence-corrected chi connectivity index (χ0v) is 19.4. The molecule has 1 amide bonds. The molecule has 0 saturated carbocycles. The van der Waals surface area contributed by atoms with E-state index in [9.17, 15) is 13.2 Å². The van der Waals surface area contributed by atoms with Crippen LogP contribution in [0.1, 0.15) is 29.8 Å². The maximum absolute atomic E-state index is 12.9. The smallest absolute Gasteiger partial charge is 0.256 e. The SMILES string of the molecule is CCN(CC)S(=O)(=O)c1cc(C(=O)Nc2ccnn2Cc2ccccc2Cl)ccc1Cl. The monoisotopic (exact) mass is 480 g/mol. The Balaban J connectivity index is 1.86. The van der Waals surface area contributed by atoms with Crippen molar-refractivity contribution in [1.29, 1.82) is 0 Å². The van der Waals surface area contributed by atoms with Crippen molar-refractivity contribution in [2.75, 3.05) is 18.4 Å². The first-order valence-electron chi connectivity index (χ1n) is 9.64. The van der Waals surface area contributed by atoms with Crippen LogP contribution in [0.2, 0.25) is 10.0 Å². The lowest BCUT2D eigenvalue weighted by Gasteiger charge is -2.19. The van der Waals surface area contributed by atoms with Crippen LogP contribution in [0.25, 0.3) is 0 Å². The summed E-state index contributed by atoms with van der Waals surface area (Å²) in [5.74, 6) is -0.0263. The van der Waals surface area contributed by atoms with Gasteiger partial charge in [0, 0.05) is 29.7 Å². The normalized spacial score (nSPS) is 11.6. The van der Waals surface area contributed by atoms with Gasteiger partial charge in [0.15, 0.2) is 0 Å². The Hall–Kier alpha value is -2.39. The van der Waals surface area contributed by atoms with Crippen LogP contribution in [0.15, 0.2) is 59.6 Å². The Labute approximate surface area is 191 Å². The first-order chi connectivity index (χ1) is 14.8. The summed E-state index contributed by atoms with van der Waals surface area (Å²) in [7, 11) is -3.81. The van der Waals surface area contributed by atoms with Crippen LogP contribution in [-0.2, 0) is 16.6 Å². The summed E-state index contributed by atoms with van der Waals surface area (Å²) >= 11 is 12.4. The molecular formula is C21H22Cl2N4O3S. The number of hydrogen-bond acceptors (Lipinski definition) is 4. The van der Waals surface area contributed by atoms with Gasteiger partial charge < -0.3 is 5.32 Å². The lowest BCUT2D eigenvalue weighted by atomic mass is 10.2. The highest BCUT2D eigenvalue weighted by Crippen LogP contribution is 2.26. The van der Waals surface area contributed by atoms with E-state index >= 15 is 0 Å². The van der Waals surface area contributed by atoms with Gasteiger partial charge in [0.1, 0.15) is 10.7 Å². The molecule has 3 rings (SSSR count). The minimum Gasteiger partial charge on any atom is -0.307 e. The summed E-state index contributed by atoms with van der Waals surface area (Å²) in [6.07, 6.45) is 1.56. The second-order valence-electron chi connectivity index (χ2n) is 6.65. The van der Waals surface area contributed by atoms with E-state index in [0.717, 1.165) is 5.56 Å². The van der Waals surface area contributed by atoms with Gasteiger partial charge in [-0.1, -0.05) is 55.2 Å². The van der Waals surface area contributed by atoms with Gasteiger partial charge in [0.2, 0.25) is 10.0 Å². The minimum atomic E-state index is -3.81. The Bertz CT molecular complexity index is 1190. The number of anilines is 1. The van der Waals surface area contributed by atoms with Crippen LogP contribution < -0.4 is 5.32 Å². The van der Waals surface area contributed by atoms with Gasteiger partial charge in [0.25, 0.3) is 5.91 Å². The average Bonchev–Trinajstić information content (AvgIpc) is 3.17. The van der Waals surface area contributed by atoms with Gasteiger partial charge in [-0.3, -0.25) is 4.79 Å². The fourth-order valence-electron chi connectivity index (χ4n) is 3.09. The number of nitrogens with zero attached hydrogens (tertiary/aromatic N) is 3. The van der Waals surface area contributed by atoms with Crippen molar-refractivity contribution in [1.82, 2.24) is 14.1 Å². The molecule has 0 aliphatic rings. The number of amides is 1. The molecule has 0 fully saturated rings. The molecule has 1 N–H and O–H groups in total. The minimum absolute atomic E-state index is 0.0622. The predicted octanol–water partition coefficient (Wildman–Crippen LogP) is 4.52. The highest BCUT2D eigenvalue weighted by atomic mass is 35.5. The first-order valence-corrected chi connectivity index (χ1v) is 11.8. The fourth-order valence-corrected chi connectivity index (χ4v) is 5.24. The summed E-state index contributed by atoms with van der Waals surface area (Å²) in [4.78, 5) is 12.8. The molecule has 0 unspecified atom stereocenters. The van der Waals surface area contributed by atoms with E-state index in [1.807, 2.05) is 18.2 Å². The standard InChI is InChI=1S/C21H22Cl2N4O3S/c1-3-26(4-2)31(29,30)19-13-15(9-10-18(19)23)21(28)25-20-11-12-24-27(20)14-16-7-5-6-8-17(16)22/h5-13H,3-4,14H2,1-2H3,(H,25,28). The van der Waals surface area contributed by atoms with Gasteiger partial charge in [-0.05, 0) is 29.8 Å². The highest BCUT2D eigenvalue weighted by Gasteiger charge is 2.25. The molecule has 0 aliphatic carbocycles. The van der Waals surface area contributed by atoms with Crippen molar-refractivity contribution in [2.24, 2.45) is 0 Å². The molecular weight excluding hydrogens is 459 g/mol. The quantitative estimate of drug-likeness (QED) is 0.513. The van der Waals surface area contributed by atoms with Gasteiger partial charge in [-0.15, -0.1) is 0 Å². The third-order valence-corrected chi connectivity index (χ3v) is 7.65. The molecule has 0 bridgehead atoms. The summed E-state index contributed by atoms with van der Waals surface area (Å²) in [5, 5.41) is 7.66. The van der Waals surface area contributed by atoms with Crippen molar-refractivity contribution in [2.45, 2.75) is 25.3 Å². The van der Waals surface area contributed by atoms with Crippen molar-refractivity contribution >= 4 is 45.0 Å². The molecule has 0 radical (unpaired) electrons. The third kappa shape index (κ3) is 5.10. The van der Waals surface area contributed by atoms with Gasteiger partial charge in [-0.25, -0.2) is 13.1 Å². The fraction of sp³-hybridized carbons (Fsp3) is 0.238. The van der Waals surface area contributed by atoms with E-state index in [2.05, 4.69) is 10.4 Å². The maximum Gasteiger partial charge on any atom is 0.256 e. The number of sulfonamides is 1. The number of halogens is 2. The lowest BCUT2D eigenvalue weighted by molar-refractivity contribution is 0.102. The molecule has 1 aromatic heterocycles. The number of carbonyl (C=O) groups is 1. The Morgan fingerprint density at radius 1 is 1.06 bits per heavy atom. The van der Waals surface area contributed by atoms with Crippen molar-refractivity contribution in [3.05, 3.63) is 75.9 Å². The summed E-state index contributed by atoms with van der Waals surface area (Å²) in [6, 6.07) is 13.2. The molecule has 10 heteroatoms. The van der Waals surface area contributed by atoms with Gasteiger partial charge in [0.05, 0.1) is 17.8 Å². The molecule has 7 nitrogen and oxygen atoms in total. The molecule has 1 heterocycles. The Morgan fingerprint density at radius 3 is 2.45 bits per heavy atom. The number of rotatable bonds is 8. The third-order valence-electron chi connectivity index (χ3n) is 4.75. The Morgan fingerprint density at radius 2 is 1.77 bits per heavy atom. The number of nitrogens with one attached hydrogen (secondary N) is 1. The summed E-state index contributed by atoms with van der Waals surface area (Å²) < 4.78 is 28.6. The molecule has 0 aliphatic heterocycles. The van der Waals surface area contributed by atoms with E-state index in [-0.39, 0.29) is 15.5 Å². The van der Waals surface area contributed by atoms with Crippen LogP contribution in [0, 0.1) is 0 Å². The summed E-state index contributed by atoms with van der Waals surface area (Å²) in [6.45, 7) is 4.45. The zero-order valence-electron chi connectivity index (χ0n) is 17.0. The van der Waals surface area contributed by atoms with Crippen LogP contribution in [0.5, 0.6) is 0 Å². The van der Waals surface area contributed by atoms with E-state index < -0.39 is 15.9 Å². The van der Waals surface area contributed by atoms with E-state index in [1.165, 1.54) is 22.5 Å². The van der Waals surface area contributed by atoms with E-state index in [1.54, 1.807) is 36.9 Å². The van der Waals surface area contributed by atoms with Crippen LogP contribution in [0.4, 0.5) is 5.82 Å². The molecule has 31 heavy (non-hydrogen) atoms. The predicted molar refractivity (Wildman–Crippen MR) is 122 cm³/mol. The molecule has 3 aromatic rings. The number of aromatic nitrogens is 2. The second-order valence-corrected chi connectivity index (χ2v) is 9.37. The van der Waals surface area contributed by atoms with Crippen molar-refractivity contribution < 1.29 is 13.2 Å². The van der Waals surface area contributed by atoms with E-state index in [4.69, 9.17) is 23.2 Å². The van der Waals surface area contributed by atoms with Crippen molar-refractivity contribution in [3.63, 3.8) is 0 Å². The lowest BCUT2D eigenvalue weighted by Crippen LogP contribution is -2.31. The second kappa shape index (κ2) is 9.82. The molecule has 0 spiro atoms. The van der Waals surface area contributed by atoms with E-state index in [0.29, 0.717) is 30.5 Å². The molecule has 164 valence electrons. The summed E-state index contributed by atoms with van der Waals surface area (Å²) in [5.41, 5.74) is 1.02. The topological polar surface area (TPSA) is 84.3 Å². The maximum atomic E-state index is 12.9. The average molecular weight is 481 g/mol. The number of carbonyl (C=O) groups excluding carboxylic acids is 1. The largest absolute Gasteiger partial charge is 0.307 e. The molecule has 0 saturated heterocycles. The van der Waals surface area contributed by atoms with Crippen LogP contribution in [-0.4, -0.2) is 41.5 Å². The number of hydrogen-bond donors (Lipinski definition) is 1. The Kier molecular flexibility index (Phi) is 7.38.